The summed E-state index contributed by atoms with van der Waals surface area (Å²) >= 11 is 6.11. The van der Waals surface area contributed by atoms with Crippen molar-refractivity contribution in [3.8, 4) is 0 Å². The molecule has 1 aliphatic rings. The highest BCUT2D eigenvalue weighted by Crippen LogP contribution is 2.27. The van der Waals surface area contributed by atoms with Crippen LogP contribution >= 0.6 is 11.6 Å². The maximum atomic E-state index is 11.0. The van der Waals surface area contributed by atoms with Gasteiger partial charge in [-0.05, 0) is 49.7 Å². The maximum Gasteiger partial charge on any atom is 0.306 e. The van der Waals surface area contributed by atoms with Crippen LogP contribution in [0.1, 0.15) is 18.4 Å². The zero-order chi connectivity index (χ0) is 15.0. The monoisotopic (exact) mass is 306 g/mol. The number of piperidine rings is 1. The Bertz CT molecular complexity index is 672. The van der Waals surface area contributed by atoms with Crippen molar-refractivity contribution in [3.05, 3.63) is 35.0 Å². The van der Waals surface area contributed by atoms with Gasteiger partial charge in [0.1, 0.15) is 0 Å². The third-order valence-electron chi connectivity index (χ3n) is 4.36. The van der Waals surface area contributed by atoms with Crippen molar-refractivity contribution in [2.75, 3.05) is 13.1 Å². The van der Waals surface area contributed by atoms with Crippen molar-refractivity contribution in [3.63, 3.8) is 0 Å². The summed E-state index contributed by atoms with van der Waals surface area (Å²) in [4.78, 5) is 13.3. The molecule has 0 unspecified atom stereocenters. The van der Waals surface area contributed by atoms with Crippen molar-refractivity contribution in [1.29, 1.82) is 0 Å². The first-order chi connectivity index (χ1) is 10.0. The molecule has 0 bridgehead atoms. The van der Waals surface area contributed by atoms with Crippen molar-refractivity contribution in [2.45, 2.75) is 19.4 Å². The molecule has 1 saturated heterocycles. The van der Waals surface area contributed by atoms with E-state index in [1.165, 1.54) is 16.5 Å². The highest BCUT2D eigenvalue weighted by atomic mass is 35.5. The number of rotatable bonds is 3. The van der Waals surface area contributed by atoms with Crippen LogP contribution in [0.4, 0.5) is 0 Å². The molecule has 1 fully saturated rings. The largest absolute Gasteiger partial charge is 0.481 e. The zero-order valence-corrected chi connectivity index (χ0v) is 12.8. The van der Waals surface area contributed by atoms with Crippen LogP contribution in [0.3, 0.4) is 0 Å². The number of carbonyl (C=O) groups is 1. The Morgan fingerprint density at radius 1 is 1.38 bits per heavy atom. The quantitative estimate of drug-likeness (QED) is 0.947. The summed E-state index contributed by atoms with van der Waals surface area (Å²) in [7, 11) is 2.04. The fourth-order valence-corrected chi connectivity index (χ4v) is 3.32. The fourth-order valence-electron chi connectivity index (χ4n) is 3.15. The lowest BCUT2D eigenvalue weighted by Gasteiger charge is -2.29. The minimum absolute atomic E-state index is 0.178. The Morgan fingerprint density at radius 3 is 2.76 bits per heavy atom. The fraction of sp³-hybridized carbons (Fsp3) is 0.438. The lowest BCUT2D eigenvalue weighted by Crippen LogP contribution is -2.35. The molecule has 3 rings (SSSR count). The molecule has 5 heteroatoms. The Hall–Kier alpha value is -1.52. The van der Waals surface area contributed by atoms with Gasteiger partial charge in [0.2, 0.25) is 0 Å². The molecule has 1 aromatic carbocycles. The summed E-state index contributed by atoms with van der Waals surface area (Å²) in [6, 6.07) is 5.96. The van der Waals surface area contributed by atoms with Crippen LogP contribution in [0, 0.1) is 5.92 Å². The lowest BCUT2D eigenvalue weighted by molar-refractivity contribution is -0.143. The topological polar surface area (TPSA) is 45.5 Å². The number of hydrogen-bond donors (Lipinski definition) is 1. The minimum Gasteiger partial charge on any atom is -0.481 e. The zero-order valence-electron chi connectivity index (χ0n) is 12.1. The molecule has 0 aliphatic carbocycles. The number of halogens is 1. The van der Waals surface area contributed by atoms with Gasteiger partial charge in [-0.15, -0.1) is 0 Å². The van der Waals surface area contributed by atoms with E-state index in [0.717, 1.165) is 37.5 Å². The summed E-state index contributed by atoms with van der Waals surface area (Å²) in [6.45, 7) is 2.53. The second-order valence-corrected chi connectivity index (χ2v) is 6.25. The van der Waals surface area contributed by atoms with Crippen LogP contribution in [-0.4, -0.2) is 33.6 Å². The van der Waals surface area contributed by atoms with Crippen molar-refractivity contribution >= 4 is 28.5 Å². The molecule has 0 atom stereocenters. The molecular weight excluding hydrogens is 288 g/mol. The molecule has 21 heavy (non-hydrogen) atoms. The molecule has 4 nitrogen and oxygen atoms in total. The van der Waals surface area contributed by atoms with E-state index in [0.29, 0.717) is 0 Å². The number of hydrogen-bond acceptors (Lipinski definition) is 2. The summed E-state index contributed by atoms with van der Waals surface area (Å²) < 4.78 is 2.12. The standard InChI is InChI=1S/C16H19ClN2O2/c1-18-9-12(14-8-13(17)2-3-15(14)18)10-19-6-4-11(5-7-19)16(20)21/h2-3,8-9,11H,4-7,10H2,1H3,(H,20,21). The van der Waals surface area contributed by atoms with E-state index >= 15 is 0 Å². The molecule has 1 N–H and O–H groups in total. The molecule has 1 aromatic heterocycles. The van der Waals surface area contributed by atoms with Gasteiger partial charge in [0.25, 0.3) is 0 Å². The van der Waals surface area contributed by atoms with Crippen LogP contribution in [0.5, 0.6) is 0 Å². The Kier molecular flexibility index (Phi) is 3.91. The Labute approximate surface area is 128 Å². The van der Waals surface area contributed by atoms with Crippen LogP contribution in [0.25, 0.3) is 10.9 Å². The van der Waals surface area contributed by atoms with Crippen LogP contribution < -0.4 is 0 Å². The van der Waals surface area contributed by atoms with Gasteiger partial charge < -0.3 is 9.67 Å². The first-order valence-electron chi connectivity index (χ1n) is 7.23. The summed E-state index contributed by atoms with van der Waals surface area (Å²) in [6.07, 6.45) is 3.62. The molecule has 2 aromatic rings. The van der Waals surface area contributed by atoms with Gasteiger partial charge in [-0.3, -0.25) is 9.69 Å². The van der Waals surface area contributed by atoms with Gasteiger partial charge in [-0.1, -0.05) is 11.6 Å². The van der Waals surface area contributed by atoms with Crippen molar-refractivity contribution in [1.82, 2.24) is 9.47 Å². The molecule has 0 spiro atoms. The molecule has 2 heterocycles. The smallest absolute Gasteiger partial charge is 0.306 e. The number of aryl methyl sites for hydroxylation is 1. The van der Waals surface area contributed by atoms with Gasteiger partial charge in [0, 0.05) is 35.7 Å². The maximum absolute atomic E-state index is 11.0. The first kappa shape index (κ1) is 14.4. The predicted octanol–water partition coefficient (Wildman–Crippen LogP) is 3.13. The van der Waals surface area contributed by atoms with Crippen LogP contribution in [0.2, 0.25) is 5.02 Å². The summed E-state index contributed by atoms with van der Waals surface area (Å²) in [5, 5.41) is 11.0. The number of carboxylic acid groups (broad SMARTS) is 1. The first-order valence-corrected chi connectivity index (χ1v) is 7.61. The van der Waals surface area contributed by atoms with E-state index in [1.807, 2.05) is 25.2 Å². The lowest BCUT2D eigenvalue weighted by atomic mass is 9.97. The number of aromatic nitrogens is 1. The highest BCUT2D eigenvalue weighted by molar-refractivity contribution is 6.31. The third kappa shape index (κ3) is 2.92. The van der Waals surface area contributed by atoms with Crippen molar-refractivity contribution in [2.24, 2.45) is 13.0 Å². The molecule has 0 amide bonds. The summed E-state index contributed by atoms with van der Waals surface area (Å²) in [5.74, 6) is -0.838. The van der Waals surface area contributed by atoms with Gasteiger partial charge in [0.15, 0.2) is 0 Å². The van der Waals surface area contributed by atoms with Gasteiger partial charge >= 0.3 is 5.97 Å². The normalized spacial score (nSPS) is 17.4. The highest BCUT2D eigenvalue weighted by Gasteiger charge is 2.24. The van der Waals surface area contributed by atoms with E-state index in [2.05, 4.69) is 15.7 Å². The summed E-state index contributed by atoms with van der Waals surface area (Å²) in [5.41, 5.74) is 2.43. The molecule has 1 aliphatic heterocycles. The number of fused-ring (bicyclic) bond motifs is 1. The SMILES string of the molecule is Cn1cc(CN2CCC(C(=O)O)CC2)c2cc(Cl)ccc21. The molecular formula is C16H19ClN2O2. The molecule has 0 radical (unpaired) electrons. The van der Waals surface area contributed by atoms with Gasteiger partial charge in [-0.25, -0.2) is 0 Å². The van der Waals surface area contributed by atoms with Crippen LogP contribution in [0.15, 0.2) is 24.4 Å². The number of carboxylic acids is 1. The van der Waals surface area contributed by atoms with Gasteiger partial charge in [-0.2, -0.15) is 0 Å². The minimum atomic E-state index is -0.661. The Balaban J connectivity index is 1.77. The van der Waals surface area contributed by atoms with E-state index in [4.69, 9.17) is 16.7 Å². The van der Waals surface area contributed by atoms with E-state index in [1.54, 1.807) is 0 Å². The number of nitrogens with zero attached hydrogens (tertiary/aromatic N) is 2. The van der Waals surface area contributed by atoms with Crippen molar-refractivity contribution < 1.29 is 9.90 Å². The van der Waals surface area contributed by atoms with E-state index < -0.39 is 5.97 Å². The Morgan fingerprint density at radius 2 is 2.10 bits per heavy atom. The number of likely N-dealkylation sites (tertiary alicyclic amines) is 1. The van der Waals surface area contributed by atoms with E-state index in [-0.39, 0.29) is 5.92 Å². The third-order valence-corrected chi connectivity index (χ3v) is 4.60. The van der Waals surface area contributed by atoms with E-state index in [9.17, 15) is 4.79 Å². The predicted molar refractivity (Wildman–Crippen MR) is 83.6 cm³/mol. The number of benzene rings is 1. The molecule has 112 valence electrons. The average Bonchev–Trinajstić information content (AvgIpc) is 2.75. The second-order valence-electron chi connectivity index (χ2n) is 5.82. The average molecular weight is 307 g/mol. The van der Waals surface area contributed by atoms with Crippen LogP contribution in [-0.2, 0) is 18.4 Å². The number of aliphatic carboxylic acids is 1. The second kappa shape index (κ2) is 5.70. The van der Waals surface area contributed by atoms with Gasteiger partial charge in [0.05, 0.1) is 5.92 Å². The molecule has 0 saturated carbocycles.